The van der Waals surface area contributed by atoms with Gasteiger partial charge >= 0.3 is 0 Å². The molecule has 1 unspecified atom stereocenters. The number of amides is 1. The van der Waals surface area contributed by atoms with Crippen molar-refractivity contribution in [3.8, 4) is 17.1 Å². The molecule has 0 aliphatic rings. The van der Waals surface area contributed by atoms with Gasteiger partial charge in [-0.1, -0.05) is 41.0 Å². The van der Waals surface area contributed by atoms with Crippen molar-refractivity contribution in [2.45, 2.75) is 24.3 Å². The minimum atomic E-state index is -0.472. The SMILES string of the molecule is Cc1c(Cl)cccc1-n1c(SC(C)C(=O)Nc2ccc(Cl)cn2)nnc1-c1ccncc1. The maximum absolute atomic E-state index is 12.8. The average Bonchev–Trinajstić information content (AvgIpc) is 3.21. The molecule has 32 heavy (non-hydrogen) atoms. The number of nitrogens with zero attached hydrogens (tertiary/aromatic N) is 5. The summed E-state index contributed by atoms with van der Waals surface area (Å²) in [4.78, 5) is 20.9. The molecule has 7 nitrogen and oxygen atoms in total. The zero-order valence-corrected chi connectivity index (χ0v) is 19.5. The highest BCUT2D eigenvalue weighted by Crippen LogP contribution is 2.33. The highest BCUT2D eigenvalue weighted by Gasteiger charge is 2.23. The van der Waals surface area contributed by atoms with E-state index in [-0.39, 0.29) is 5.91 Å². The van der Waals surface area contributed by atoms with Gasteiger partial charge in [0.2, 0.25) is 5.91 Å². The molecule has 3 heterocycles. The van der Waals surface area contributed by atoms with E-state index in [4.69, 9.17) is 23.2 Å². The van der Waals surface area contributed by atoms with Crippen LogP contribution in [0.2, 0.25) is 10.0 Å². The second-order valence-electron chi connectivity index (χ2n) is 6.87. The number of aromatic nitrogens is 5. The van der Waals surface area contributed by atoms with Crippen molar-refractivity contribution in [3.05, 3.63) is 76.7 Å². The lowest BCUT2D eigenvalue weighted by Crippen LogP contribution is -2.23. The Labute approximate surface area is 199 Å². The molecule has 0 aliphatic carbocycles. The zero-order valence-electron chi connectivity index (χ0n) is 17.2. The lowest BCUT2D eigenvalue weighted by Gasteiger charge is -2.16. The van der Waals surface area contributed by atoms with Crippen LogP contribution < -0.4 is 5.32 Å². The van der Waals surface area contributed by atoms with Crippen molar-refractivity contribution in [1.82, 2.24) is 24.7 Å². The van der Waals surface area contributed by atoms with E-state index in [9.17, 15) is 4.79 Å². The third kappa shape index (κ3) is 4.77. The maximum Gasteiger partial charge on any atom is 0.238 e. The molecule has 0 saturated heterocycles. The number of anilines is 1. The number of carbonyl (C=O) groups excluding carboxylic acids is 1. The molecule has 3 aromatic heterocycles. The fourth-order valence-electron chi connectivity index (χ4n) is 2.98. The van der Waals surface area contributed by atoms with Crippen LogP contribution in [0.15, 0.2) is 66.2 Å². The van der Waals surface area contributed by atoms with Crippen LogP contribution in [-0.2, 0) is 4.79 Å². The van der Waals surface area contributed by atoms with Gasteiger partial charge in [-0.25, -0.2) is 4.98 Å². The quantitative estimate of drug-likeness (QED) is 0.365. The van der Waals surface area contributed by atoms with Crippen molar-refractivity contribution in [2.75, 3.05) is 5.32 Å². The summed E-state index contributed by atoms with van der Waals surface area (Å²) in [5.74, 6) is 0.844. The van der Waals surface area contributed by atoms with Gasteiger partial charge < -0.3 is 5.32 Å². The monoisotopic (exact) mass is 484 g/mol. The van der Waals surface area contributed by atoms with Crippen LogP contribution in [0.4, 0.5) is 5.82 Å². The number of rotatable bonds is 6. The summed E-state index contributed by atoms with van der Waals surface area (Å²) >= 11 is 13.5. The van der Waals surface area contributed by atoms with E-state index in [1.54, 1.807) is 31.5 Å². The predicted octanol–water partition coefficient (Wildman–Crippen LogP) is 5.46. The highest BCUT2D eigenvalue weighted by molar-refractivity contribution is 8.00. The second-order valence-corrected chi connectivity index (χ2v) is 9.02. The van der Waals surface area contributed by atoms with Crippen molar-refractivity contribution in [2.24, 2.45) is 0 Å². The number of hydrogen-bond donors (Lipinski definition) is 1. The predicted molar refractivity (Wildman–Crippen MR) is 128 cm³/mol. The molecule has 0 radical (unpaired) electrons. The van der Waals surface area contributed by atoms with Crippen LogP contribution in [0.5, 0.6) is 0 Å². The lowest BCUT2D eigenvalue weighted by atomic mass is 10.2. The third-order valence-corrected chi connectivity index (χ3v) is 6.36. The Morgan fingerprint density at radius 2 is 1.88 bits per heavy atom. The Balaban J connectivity index is 1.68. The maximum atomic E-state index is 12.8. The van der Waals surface area contributed by atoms with E-state index in [2.05, 4.69) is 25.5 Å². The van der Waals surface area contributed by atoms with E-state index in [1.807, 2.05) is 41.8 Å². The van der Waals surface area contributed by atoms with Gasteiger partial charge in [-0.2, -0.15) is 0 Å². The van der Waals surface area contributed by atoms with E-state index < -0.39 is 5.25 Å². The minimum Gasteiger partial charge on any atom is -0.310 e. The summed E-state index contributed by atoms with van der Waals surface area (Å²) in [7, 11) is 0. The molecule has 4 rings (SSSR count). The van der Waals surface area contributed by atoms with E-state index in [0.717, 1.165) is 16.8 Å². The fourth-order valence-corrected chi connectivity index (χ4v) is 4.12. The van der Waals surface area contributed by atoms with E-state index in [1.165, 1.54) is 18.0 Å². The first-order valence-corrected chi connectivity index (χ1v) is 11.3. The number of halogens is 2. The van der Waals surface area contributed by atoms with Crippen molar-refractivity contribution < 1.29 is 4.79 Å². The molecular weight excluding hydrogens is 467 g/mol. The summed E-state index contributed by atoms with van der Waals surface area (Å²) in [6, 6.07) is 12.7. The van der Waals surface area contributed by atoms with Crippen LogP contribution in [-0.4, -0.2) is 35.9 Å². The lowest BCUT2D eigenvalue weighted by molar-refractivity contribution is -0.115. The summed E-state index contributed by atoms with van der Waals surface area (Å²) < 4.78 is 1.91. The topological polar surface area (TPSA) is 85.6 Å². The smallest absolute Gasteiger partial charge is 0.238 e. The second kappa shape index (κ2) is 9.68. The summed E-state index contributed by atoms with van der Waals surface area (Å²) in [6.45, 7) is 3.73. The number of benzene rings is 1. The Morgan fingerprint density at radius 3 is 2.59 bits per heavy atom. The van der Waals surface area contributed by atoms with Crippen LogP contribution in [0.3, 0.4) is 0 Å². The van der Waals surface area contributed by atoms with Gasteiger partial charge in [-0.05, 0) is 55.8 Å². The van der Waals surface area contributed by atoms with Gasteiger partial charge in [-0.15, -0.1) is 10.2 Å². The van der Waals surface area contributed by atoms with Gasteiger partial charge in [0.25, 0.3) is 0 Å². The number of nitrogens with one attached hydrogen (secondary N) is 1. The average molecular weight is 485 g/mol. The third-order valence-electron chi connectivity index (χ3n) is 4.68. The van der Waals surface area contributed by atoms with Gasteiger partial charge in [0.05, 0.1) is 16.0 Å². The molecule has 0 spiro atoms. The van der Waals surface area contributed by atoms with Crippen LogP contribution in [0.25, 0.3) is 17.1 Å². The van der Waals surface area contributed by atoms with Gasteiger partial charge in [0, 0.05) is 29.2 Å². The zero-order chi connectivity index (χ0) is 22.7. The Kier molecular flexibility index (Phi) is 6.74. The summed E-state index contributed by atoms with van der Waals surface area (Å²) in [5.41, 5.74) is 2.57. The van der Waals surface area contributed by atoms with Crippen molar-refractivity contribution in [3.63, 3.8) is 0 Å². The molecular formula is C22H18Cl2N6OS. The summed E-state index contributed by atoms with van der Waals surface area (Å²) in [5, 5.41) is 12.8. The number of hydrogen-bond acceptors (Lipinski definition) is 6. The molecule has 4 aromatic rings. The number of thioether (sulfide) groups is 1. The first-order chi connectivity index (χ1) is 15.4. The first-order valence-electron chi connectivity index (χ1n) is 9.64. The standard InChI is InChI=1S/C22H18Cl2N6OS/c1-13-17(24)4-3-5-18(13)30-20(15-8-10-25-11-9-15)28-29-22(30)32-14(2)21(31)27-19-7-6-16(23)12-26-19/h3-12,14H,1-2H3,(H,26,27,31). The van der Waals surface area contributed by atoms with Crippen LogP contribution >= 0.6 is 35.0 Å². The highest BCUT2D eigenvalue weighted by atomic mass is 35.5. The van der Waals surface area contributed by atoms with Gasteiger partial charge in [0.15, 0.2) is 11.0 Å². The van der Waals surface area contributed by atoms with Gasteiger partial charge in [0.1, 0.15) is 5.82 Å². The molecule has 0 fully saturated rings. The van der Waals surface area contributed by atoms with Crippen molar-refractivity contribution in [1.29, 1.82) is 0 Å². The largest absolute Gasteiger partial charge is 0.310 e. The first kappa shape index (κ1) is 22.3. The molecule has 162 valence electrons. The normalized spacial score (nSPS) is 11.9. The van der Waals surface area contributed by atoms with Crippen LogP contribution in [0, 0.1) is 6.92 Å². The molecule has 0 bridgehead atoms. The number of pyridine rings is 2. The molecule has 1 N–H and O–H groups in total. The molecule has 1 aromatic carbocycles. The van der Waals surface area contributed by atoms with E-state index >= 15 is 0 Å². The molecule has 10 heteroatoms. The molecule has 1 atom stereocenters. The molecule has 0 aliphatic heterocycles. The van der Waals surface area contributed by atoms with E-state index in [0.29, 0.717) is 26.8 Å². The van der Waals surface area contributed by atoms with Crippen molar-refractivity contribution >= 4 is 46.7 Å². The molecule has 1 amide bonds. The fraction of sp³-hybridized carbons (Fsp3) is 0.136. The minimum absolute atomic E-state index is 0.215. The summed E-state index contributed by atoms with van der Waals surface area (Å²) in [6.07, 6.45) is 4.87. The van der Waals surface area contributed by atoms with Crippen LogP contribution in [0.1, 0.15) is 12.5 Å². The Morgan fingerprint density at radius 1 is 1.09 bits per heavy atom. The number of carbonyl (C=O) groups is 1. The Hall–Kier alpha value is -2.94. The molecule has 0 saturated carbocycles. The van der Waals surface area contributed by atoms with Gasteiger partial charge in [-0.3, -0.25) is 14.3 Å². The Bertz CT molecular complexity index is 1250.